The number of allylic oxidation sites excluding steroid dienone is 2. The molecule has 1 saturated carbocycles. The summed E-state index contributed by atoms with van der Waals surface area (Å²) in [6, 6.07) is 10.2. The van der Waals surface area contributed by atoms with Crippen LogP contribution in [0.3, 0.4) is 0 Å². The number of ketones is 1. The average Bonchev–Trinajstić information content (AvgIpc) is 2.94. The number of aryl methyl sites for hydroxylation is 1. The first-order valence-corrected chi connectivity index (χ1v) is 10.7. The highest BCUT2D eigenvalue weighted by Gasteiger charge is 2.40. The summed E-state index contributed by atoms with van der Waals surface area (Å²) in [5, 5.41) is 31.0. The van der Waals surface area contributed by atoms with E-state index in [9.17, 15) is 20.1 Å². The van der Waals surface area contributed by atoms with Crippen molar-refractivity contribution in [3.63, 3.8) is 0 Å². The van der Waals surface area contributed by atoms with E-state index in [1.54, 1.807) is 6.92 Å². The van der Waals surface area contributed by atoms with Crippen molar-refractivity contribution >= 4 is 5.78 Å². The van der Waals surface area contributed by atoms with E-state index < -0.39 is 12.2 Å². The first-order chi connectivity index (χ1) is 13.5. The number of hydrogen-bond acceptors (Lipinski definition) is 4. The van der Waals surface area contributed by atoms with Gasteiger partial charge in [-0.25, -0.2) is 0 Å². The van der Waals surface area contributed by atoms with Gasteiger partial charge in [0.15, 0.2) is 0 Å². The molecule has 0 unspecified atom stereocenters. The Kier molecular flexibility index (Phi) is 9.89. The minimum Gasteiger partial charge on any atom is -0.393 e. The number of hydrogen-bond donors (Lipinski definition) is 3. The van der Waals surface area contributed by atoms with Crippen molar-refractivity contribution in [2.75, 3.05) is 0 Å². The fourth-order valence-electron chi connectivity index (χ4n) is 4.25. The number of aliphatic hydroxyl groups is 3. The maximum atomic E-state index is 11.0. The fraction of sp³-hybridized carbons (Fsp3) is 0.625. The van der Waals surface area contributed by atoms with Crippen molar-refractivity contribution in [3.8, 4) is 0 Å². The molecule has 156 valence electrons. The molecule has 0 spiro atoms. The summed E-state index contributed by atoms with van der Waals surface area (Å²) >= 11 is 0. The number of carbonyl (C=O) groups is 1. The minimum atomic E-state index is -0.493. The van der Waals surface area contributed by atoms with Crippen LogP contribution in [0.4, 0.5) is 0 Å². The molecule has 1 aromatic carbocycles. The predicted octanol–water partition coefficient (Wildman–Crippen LogP) is 3.82. The third-order valence-electron chi connectivity index (χ3n) is 5.94. The third kappa shape index (κ3) is 7.86. The smallest absolute Gasteiger partial charge is 0.129 e. The second-order valence-corrected chi connectivity index (χ2v) is 8.25. The van der Waals surface area contributed by atoms with Gasteiger partial charge in [-0.2, -0.15) is 0 Å². The molecule has 28 heavy (non-hydrogen) atoms. The Hall–Kier alpha value is -1.49. The number of Topliss-reactive ketones (excluding diaryl/α,β-unsaturated/α-hetero) is 1. The molecule has 0 saturated heterocycles. The van der Waals surface area contributed by atoms with E-state index in [0.29, 0.717) is 19.3 Å². The summed E-state index contributed by atoms with van der Waals surface area (Å²) in [4.78, 5) is 11.0. The van der Waals surface area contributed by atoms with Crippen LogP contribution in [0.25, 0.3) is 0 Å². The van der Waals surface area contributed by atoms with E-state index in [-0.39, 0.29) is 23.7 Å². The van der Waals surface area contributed by atoms with Gasteiger partial charge in [-0.3, -0.25) is 0 Å². The summed E-state index contributed by atoms with van der Waals surface area (Å²) in [5.41, 5.74) is 1.23. The van der Waals surface area contributed by atoms with E-state index in [0.717, 1.165) is 38.5 Å². The molecule has 1 fully saturated rings. The van der Waals surface area contributed by atoms with Gasteiger partial charge in [0.25, 0.3) is 0 Å². The van der Waals surface area contributed by atoms with E-state index in [2.05, 4.69) is 24.3 Å². The van der Waals surface area contributed by atoms with E-state index in [1.807, 2.05) is 18.2 Å². The topological polar surface area (TPSA) is 77.8 Å². The Morgan fingerprint density at radius 2 is 1.82 bits per heavy atom. The molecule has 0 amide bonds. The zero-order valence-electron chi connectivity index (χ0n) is 17.0. The molecule has 5 atom stereocenters. The zero-order valence-corrected chi connectivity index (χ0v) is 17.0. The maximum absolute atomic E-state index is 11.0. The van der Waals surface area contributed by atoms with Gasteiger partial charge in [-0.05, 0) is 75.7 Å². The average molecular weight is 389 g/mol. The SMILES string of the molecule is CC(=O)CCC/C=C\C[C@@H]1[C@@H](CC[C@@H](O)CCc2ccccc2)[C@H](O)C[C@@H]1O. The molecule has 4 nitrogen and oxygen atoms in total. The van der Waals surface area contributed by atoms with Gasteiger partial charge in [-0.1, -0.05) is 42.5 Å². The van der Waals surface area contributed by atoms with Crippen molar-refractivity contribution in [1.29, 1.82) is 0 Å². The van der Waals surface area contributed by atoms with Crippen LogP contribution in [-0.2, 0) is 11.2 Å². The molecule has 4 heteroatoms. The van der Waals surface area contributed by atoms with Crippen LogP contribution < -0.4 is 0 Å². The predicted molar refractivity (Wildman–Crippen MR) is 112 cm³/mol. The van der Waals surface area contributed by atoms with Crippen LogP contribution >= 0.6 is 0 Å². The lowest BCUT2D eigenvalue weighted by Gasteiger charge is -2.23. The van der Waals surface area contributed by atoms with Crippen molar-refractivity contribution < 1.29 is 20.1 Å². The number of unbranched alkanes of at least 4 members (excludes halogenated alkanes) is 1. The monoisotopic (exact) mass is 388 g/mol. The van der Waals surface area contributed by atoms with Crippen LogP contribution in [0.2, 0.25) is 0 Å². The van der Waals surface area contributed by atoms with Crippen LogP contribution in [0.1, 0.15) is 63.9 Å². The molecule has 3 N–H and O–H groups in total. The third-order valence-corrected chi connectivity index (χ3v) is 5.94. The van der Waals surface area contributed by atoms with Gasteiger partial charge in [0.2, 0.25) is 0 Å². The molecular weight excluding hydrogens is 352 g/mol. The number of rotatable bonds is 12. The molecule has 0 radical (unpaired) electrons. The summed E-state index contributed by atoms with van der Waals surface area (Å²) < 4.78 is 0. The summed E-state index contributed by atoms with van der Waals surface area (Å²) in [5.74, 6) is 0.289. The van der Waals surface area contributed by atoms with Gasteiger partial charge in [0.1, 0.15) is 5.78 Å². The van der Waals surface area contributed by atoms with Crippen molar-refractivity contribution in [2.24, 2.45) is 11.8 Å². The van der Waals surface area contributed by atoms with Gasteiger partial charge >= 0.3 is 0 Å². The Balaban J connectivity index is 1.74. The van der Waals surface area contributed by atoms with Crippen LogP contribution in [0.15, 0.2) is 42.5 Å². The van der Waals surface area contributed by atoms with Gasteiger partial charge in [-0.15, -0.1) is 0 Å². The first kappa shape index (κ1) is 22.8. The fourth-order valence-corrected chi connectivity index (χ4v) is 4.25. The lowest BCUT2D eigenvalue weighted by Crippen LogP contribution is -2.23. The molecule has 0 aliphatic heterocycles. The largest absolute Gasteiger partial charge is 0.393 e. The molecule has 0 heterocycles. The van der Waals surface area contributed by atoms with Crippen LogP contribution in [0, 0.1) is 11.8 Å². The molecular formula is C24H36O4. The Morgan fingerprint density at radius 3 is 2.54 bits per heavy atom. The minimum absolute atomic E-state index is 0.0308. The Labute approximate surface area is 169 Å². The maximum Gasteiger partial charge on any atom is 0.129 e. The molecule has 0 bridgehead atoms. The number of benzene rings is 1. The first-order valence-electron chi connectivity index (χ1n) is 10.7. The molecule has 1 aromatic rings. The second kappa shape index (κ2) is 12.2. The Bertz CT molecular complexity index is 598. The zero-order chi connectivity index (χ0) is 20.4. The van der Waals surface area contributed by atoms with Crippen molar-refractivity contribution in [2.45, 2.75) is 83.0 Å². The van der Waals surface area contributed by atoms with E-state index in [1.165, 1.54) is 5.56 Å². The lowest BCUT2D eigenvalue weighted by atomic mass is 9.85. The summed E-state index contributed by atoms with van der Waals surface area (Å²) in [6.07, 6.45) is 9.25. The molecule has 2 rings (SSSR count). The van der Waals surface area contributed by atoms with Crippen LogP contribution in [-0.4, -0.2) is 39.4 Å². The highest BCUT2D eigenvalue weighted by Crippen LogP contribution is 2.38. The van der Waals surface area contributed by atoms with Crippen molar-refractivity contribution in [3.05, 3.63) is 48.0 Å². The second-order valence-electron chi connectivity index (χ2n) is 8.25. The van der Waals surface area contributed by atoms with Gasteiger partial charge < -0.3 is 20.1 Å². The van der Waals surface area contributed by atoms with E-state index >= 15 is 0 Å². The van der Waals surface area contributed by atoms with E-state index in [4.69, 9.17) is 0 Å². The van der Waals surface area contributed by atoms with Crippen LogP contribution in [0.5, 0.6) is 0 Å². The number of aliphatic hydroxyl groups excluding tert-OH is 3. The standard InChI is InChI=1S/C24H36O4/c1-18(25)9-5-2-3-8-12-21-22(24(28)17-23(21)27)16-15-20(26)14-13-19-10-6-4-7-11-19/h3-4,6-8,10-11,20-24,26-28H,2,5,9,12-17H2,1H3/b8-3-/t20-,21+,22+,23-,24+/m0/s1. The number of carbonyl (C=O) groups excluding carboxylic acids is 1. The molecule has 0 aromatic heterocycles. The quantitative estimate of drug-likeness (QED) is 0.376. The lowest BCUT2D eigenvalue weighted by molar-refractivity contribution is -0.117. The summed E-state index contributed by atoms with van der Waals surface area (Å²) in [6.45, 7) is 1.61. The Morgan fingerprint density at radius 1 is 1.11 bits per heavy atom. The van der Waals surface area contributed by atoms with Gasteiger partial charge in [0, 0.05) is 6.42 Å². The highest BCUT2D eigenvalue weighted by molar-refractivity contribution is 5.75. The van der Waals surface area contributed by atoms with Gasteiger partial charge in [0.05, 0.1) is 18.3 Å². The highest BCUT2D eigenvalue weighted by atomic mass is 16.3. The molecule has 1 aliphatic carbocycles. The molecule has 1 aliphatic rings. The van der Waals surface area contributed by atoms with Crippen molar-refractivity contribution in [1.82, 2.24) is 0 Å². The summed E-state index contributed by atoms with van der Waals surface area (Å²) in [7, 11) is 0. The normalized spacial score (nSPS) is 26.0.